The first-order valence-corrected chi connectivity index (χ1v) is 13.4. The van der Waals surface area contributed by atoms with E-state index in [9.17, 15) is 19.5 Å². The molecule has 2 amide bonds. The monoisotopic (exact) mass is 478 g/mol. The molecular weight excluding hydrogens is 436 g/mol. The number of aliphatic hydroxyl groups is 1. The average Bonchev–Trinajstić information content (AvgIpc) is 3.44. The Hall–Kier alpha value is -1.67. The summed E-state index contributed by atoms with van der Waals surface area (Å²) in [5.74, 6) is -2.38. The molecule has 34 heavy (non-hydrogen) atoms. The molecule has 8 nitrogen and oxygen atoms in total. The zero-order valence-electron chi connectivity index (χ0n) is 21.2. The summed E-state index contributed by atoms with van der Waals surface area (Å²) in [5.41, 5.74) is -1.85. The predicted molar refractivity (Wildman–Crippen MR) is 126 cm³/mol. The molecule has 3 saturated heterocycles. The largest absolute Gasteiger partial charge is 0.466 e. The van der Waals surface area contributed by atoms with Gasteiger partial charge in [0.05, 0.1) is 30.8 Å². The van der Waals surface area contributed by atoms with Gasteiger partial charge < -0.3 is 24.8 Å². The van der Waals surface area contributed by atoms with E-state index in [0.717, 1.165) is 32.1 Å². The Morgan fingerprint density at radius 1 is 1.21 bits per heavy atom. The van der Waals surface area contributed by atoms with Crippen molar-refractivity contribution < 1.29 is 29.0 Å². The van der Waals surface area contributed by atoms with E-state index in [0.29, 0.717) is 19.3 Å². The van der Waals surface area contributed by atoms with Gasteiger partial charge in [-0.2, -0.15) is 0 Å². The fraction of sp³-hybridized carbons (Fsp3) is 0.885. The number of likely N-dealkylation sites (tertiary alicyclic amines) is 1. The minimum atomic E-state index is -1.07. The van der Waals surface area contributed by atoms with Gasteiger partial charge in [-0.05, 0) is 44.9 Å². The smallest absolute Gasteiger partial charge is 0.312 e. The predicted octanol–water partition coefficient (Wildman–Crippen LogP) is 2.56. The summed E-state index contributed by atoms with van der Waals surface area (Å²) in [5, 5.41) is 13.6. The van der Waals surface area contributed by atoms with E-state index in [4.69, 9.17) is 9.47 Å². The molecule has 0 radical (unpaired) electrons. The first kappa shape index (κ1) is 25.4. The minimum Gasteiger partial charge on any atom is -0.466 e. The maximum Gasteiger partial charge on any atom is 0.312 e. The Morgan fingerprint density at radius 2 is 1.91 bits per heavy atom. The third-order valence-corrected chi connectivity index (χ3v) is 9.20. The molecule has 1 saturated carbocycles. The molecule has 1 spiro atoms. The second-order valence-electron chi connectivity index (χ2n) is 10.8. The van der Waals surface area contributed by atoms with Crippen molar-refractivity contribution in [2.24, 2.45) is 17.8 Å². The van der Waals surface area contributed by atoms with Crippen molar-refractivity contribution in [1.82, 2.24) is 10.2 Å². The molecule has 2 unspecified atom stereocenters. The molecule has 0 aromatic heterocycles. The highest BCUT2D eigenvalue weighted by molar-refractivity contribution is 5.98. The molecule has 4 rings (SSSR count). The van der Waals surface area contributed by atoms with E-state index in [-0.39, 0.29) is 37.0 Å². The van der Waals surface area contributed by atoms with Crippen LogP contribution in [0.25, 0.3) is 0 Å². The Bertz CT molecular complexity index is 798. The van der Waals surface area contributed by atoms with Crippen molar-refractivity contribution >= 4 is 17.8 Å². The zero-order valence-corrected chi connectivity index (χ0v) is 21.2. The second kappa shape index (κ2) is 9.76. The first-order chi connectivity index (χ1) is 16.3. The highest BCUT2D eigenvalue weighted by Crippen LogP contribution is 2.64. The molecule has 0 aromatic rings. The molecule has 4 aliphatic rings. The summed E-state index contributed by atoms with van der Waals surface area (Å²) >= 11 is 0. The summed E-state index contributed by atoms with van der Waals surface area (Å²) in [7, 11) is 0. The number of hydrogen-bond donors (Lipinski definition) is 2. The molecule has 3 aliphatic heterocycles. The lowest BCUT2D eigenvalue weighted by Crippen LogP contribution is -2.60. The first-order valence-electron chi connectivity index (χ1n) is 13.4. The third kappa shape index (κ3) is 3.76. The van der Waals surface area contributed by atoms with Crippen LogP contribution in [-0.4, -0.2) is 70.3 Å². The number of hydrogen-bond acceptors (Lipinski definition) is 6. The summed E-state index contributed by atoms with van der Waals surface area (Å²) in [6, 6.07) is -1.28. The number of ether oxygens (including phenoxy) is 2. The molecule has 0 aromatic carbocycles. The number of carbonyl (C=O) groups is 3. The van der Waals surface area contributed by atoms with Crippen molar-refractivity contribution in [2.75, 3.05) is 13.2 Å². The quantitative estimate of drug-likeness (QED) is 0.494. The van der Waals surface area contributed by atoms with Crippen LogP contribution < -0.4 is 5.32 Å². The van der Waals surface area contributed by atoms with Crippen molar-refractivity contribution in [3.8, 4) is 0 Å². The normalized spacial score (nSPS) is 36.9. The Kier molecular flexibility index (Phi) is 7.30. The van der Waals surface area contributed by atoms with Gasteiger partial charge in [-0.15, -0.1) is 0 Å². The number of rotatable bonds is 9. The average molecular weight is 479 g/mol. The van der Waals surface area contributed by atoms with Crippen LogP contribution in [-0.2, 0) is 23.9 Å². The number of esters is 1. The van der Waals surface area contributed by atoms with Crippen LogP contribution in [0.1, 0.15) is 85.5 Å². The van der Waals surface area contributed by atoms with Crippen molar-refractivity contribution in [3.05, 3.63) is 0 Å². The van der Waals surface area contributed by atoms with Crippen molar-refractivity contribution in [3.63, 3.8) is 0 Å². The van der Waals surface area contributed by atoms with Gasteiger partial charge in [0, 0.05) is 6.04 Å². The number of fused-ring (bicyclic) bond motifs is 1. The van der Waals surface area contributed by atoms with Gasteiger partial charge in [0.15, 0.2) is 0 Å². The lowest BCUT2D eigenvalue weighted by molar-refractivity contribution is -0.162. The molecular formula is C26H42N2O6. The highest BCUT2D eigenvalue weighted by Gasteiger charge is 2.79. The van der Waals surface area contributed by atoms with Crippen LogP contribution in [0.2, 0.25) is 0 Å². The van der Waals surface area contributed by atoms with Gasteiger partial charge in [-0.25, -0.2) is 0 Å². The van der Waals surface area contributed by atoms with Crippen LogP contribution in [0.15, 0.2) is 0 Å². The number of nitrogens with zero attached hydrogens (tertiary/aromatic N) is 1. The Morgan fingerprint density at radius 3 is 2.50 bits per heavy atom. The van der Waals surface area contributed by atoms with E-state index < -0.39 is 41.1 Å². The van der Waals surface area contributed by atoms with E-state index in [1.165, 1.54) is 6.42 Å². The number of nitrogens with one attached hydrogen (secondary N) is 1. The maximum atomic E-state index is 14.1. The summed E-state index contributed by atoms with van der Waals surface area (Å²) in [4.78, 5) is 42.8. The molecule has 1 aliphatic carbocycles. The van der Waals surface area contributed by atoms with Gasteiger partial charge in [0.1, 0.15) is 17.6 Å². The lowest BCUT2D eigenvalue weighted by Gasteiger charge is -2.40. The van der Waals surface area contributed by atoms with Crippen LogP contribution in [0.4, 0.5) is 0 Å². The standard InChI is InChI=1S/C26H42N2O6/c1-5-16(4)18(15-29)28-21(22(30)27-17-11-9-8-10-12-17)26-14-13-25(6-2,34-26)20(19(26)23(28)31)24(32)33-7-3/h16-21,29H,5-15H2,1-4H3,(H,27,30)/t16-,18-,19-,20-,21?,25+,26?/m0/s1. The van der Waals surface area contributed by atoms with Gasteiger partial charge in [0.25, 0.3) is 0 Å². The van der Waals surface area contributed by atoms with Crippen LogP contribution >= 0.6 is 0 Å². The molecule has 8 heteroatoms. The van der Waals surface area contributed by atoms with Crippen molar-refractivity contribution in [1.29, 1.82) is 0 Å². The van der Waals surface area contributed by atoms with E-state index in [1.807, 2.05) is 20.8 Å². The van der Waals surface area contributed by atoms with E-state index in [1.54, 1.807) is 11.8 Å². The second-order valence-corrected chi connectivity index (χ2v) is 10.8. The molecule has 4 fully saturated rings. The zero-order chi connectivity index (χ0) is 24.7. The van der Waals surface area contributed by atoms with Crippen molar-refractivity contribution in [2.45, 2.75) is 115 Å². The summed E-state index contributed by atoms with van der Waals surface area (Å²) < 4.78 is 12.2. The van der Waals surface area contributed by atoms with Crippen LogP contribution in [0.5, 0.6) is 0 Å². The van der Waals surface area contributed by atoms with Crippen LogP contribution in [0.3, 0.4) is 0 Å². The van der Waals surface area contributed by atoms with Gasteiger partial charge >= 0.3 is 5.97 Å². The number of aliphatic hydroxyl groups excluding tert-OH is 1. The third-order valence-electron chi connectivity index (χ3n) is 9.20. The van der Waals surface area contributed by atoms with Crippen LogP contribution in [0, 0.1) is 17.8 Å². The SMILES string of the molecule is CCOC(=O)[C@@H]1[C@H]2C(=O)N([C@@H](CO)[C@@H](C)CC)C(C(=O)NC3CCCCC3)C23CC[C@@]1(CC)O3. The lowest BCUT2D eigenvalue weighted by atomic mass is 9.65. The van der Waals surface area contributed by atoms with Gasteiger partial charge in [-0.1, -0.05) is 46.5 Å². The molecule has 192 valence electrons. The molecule has 2 bridgehead atoms. The maximum absolute atomic E-state index is 14.1. The minimum absolute atomic E-state index is 0.00691. The number of amides is 2. The molecule has 2 N–H and O–H groups in total. The Balaban J connectivity index is 1.76. The topological polar surface area (TPSA) is 105 Å². The fourth-order valence-electron chi connectivity index (χ4n) is 7.24. The summed E-state index contributed by atoms with van der Waals surface area (Å²) in [6.07, 6.45) is 7.70. The van der Waals surface area contributed by atoms with E-state index in [2.05, 4.69) is 5.32 Å². The number of carbonyl (C=O) groups excluding carboxylic acids is 3. The van der Waals surface area contributed by atoms with Gasteiger partial charge in [0.2, 0.25) is 11.8 Å². The molecule has 3 heterocycles. The molecule has 7 atom stereocenters. The van der Waals surface area contributed by atoms with Gasteiger partial charge in [-0.3, -0.25) is 14.4 Å². The van der Waals surface area contributed by atoms with E-state index >= 15 is 0 Å². The Labute approximate surface area is 203 Å². The summed E-state index contributed by atoms with van der Waals surface area (Å²) in [6.45, 7) is 7.73. The highest BCUT2D eigenvalue weighted by atomic mass is 16.6. The fourth-order valence-corrected chi connectivity index (χ4v) is 7.24.